The van der Waals surface area contributed by atoms with Gasteiger partial charge in [0.25, 0.3) is 5.60 Å². The van der Waals surface area contributed by atoms with Crippen molar-refractivity contribution in [2.75, 3.05) is 12.0 Å². The zero-order valence-corrected chi connectivity index (χ0v) is 11.1. The number of alkyl halides is 3. The van der Waals surface area contributed by atoms with E-state index in [9.17, 15) is 13.2 Å². The number of halogens is 4. The molecular formula is C14H11ClF3NO. The molecule has 0 aromatic heterocycles. The summed E-state index contributed by atoms with van der Waals surface area (Å²) in [6.45, 7) is -0.243. The molecule has 0 amide bonds. The van der Waals surface area contributed by atoms with E-state index in [0.717, 1.165) is 12.8 Å². The molecule has 1 N–H and O–H groups in total. The van der Waals surface area contributed by atoms with E-state index in [0.29, 0.717) is 5.69 Å². The molecule has 3 rings (SSSR count). The van der Waals surface area contributed by atoms with Crippen molar-refractivity contribution in [3.8, 4) is 11.8 Å². The van der Waals surface area contributed by atoms with Crippen LogP contribution in [0.3, 0.4) is 0 Å². The number of hydrogen-bond donors (Lipinski definition) is 1. The van der Waals surface area contributed by atoms with Crippen LogP contribution in [0.15, 0.2) is 18.2 Å². The maximum Gasteiger partial charge on any atom is 0.433 e. The fourth-order valence-corrected chi connectivity index (χ4v) is 2.27. The van der Waals surface area contributed by atoms with E-state index in [2.05, 4.69) is 17.2 Å². The molecule has 1 saturated carbocycles. The summed E-state index contributed by atoms with van der Waals surface area (Å²) in [6, 6.07) is 4.31. The lowest BCUT2D eigenvalue weighted by Crippen LogP contribution is -2.47. The van der Waals surface area contributed by atoms with Crippen molar-refractivity contribution in [1.82, 2.24) is 0 Å². The lowest BCUT2D eigenvalue weighted by Gasteiger charge is -2.36. The summed E-state index contributed by atoms with van der Waals surface area (Å²) in [5, 5.41) is 2.99. The van der Waals surface area contributed by atoms with Crippen LogP contribution in [0.5, 0.6) is 0 Å². The molecule has 1 atom stereocenters. The normalized spacial score (nSPS) is 25.2. The third-order valence-corrected chi connectivity index (χ3v) is 3.58. The second kappa shape index (κ2) is 4.57. The van der Waals surface area contributed by atoms with E-state index in [1.165, 1.54) is 18.2 Å². The molecule has 0 saturated heterocycles. The number of hydrogen-bond acceptors (Lipinski definition) is 2. The molecule has 1 fully saturated rings. The Bertz CT molecular complexity index is 601. The summed E-state index contributed by atoms with van der Waals surface area (Å²) in [6.07, 6.45) is -2.93. The predicted octanol–water partition coefficient (Wildman–Crippen LogP) is 3.91. The van der Waals surface area contributed by atoms with Gasteiger partial charge < -0.3 is 10.1 Å². The van der Waals surface area contributed by atoms with Gasteiger partial charge in [0.15, 0.2) is 0 Å². The van der Waals surface area contributed by atoms with Crippen LogP contribution >= 0.6 is 11.6 Å². The molecule has 1 aromatic rings. The van der Waals surface area contributed by atoms with Crippen LogP contribution in [0.1, 0.15) is 18.4 Å². The molecule has 1 heterocycles. The Kier molecular flexibility index (Phi) is 3.11. The number of benzene rings is 1. The fraction of sp³-hybridized carbons (Fsp3) is 0.429. The molecule has 20 heavy (non-hydrogen) atoms. The Morgan fingerprint density at radius 2 is 2.10 bits per heavy atom. The first kappa shape index (κ1) is 13.6. The van der Waals surface area contributed by atoms with Crippen LogP contribution < -0.4 is 5.32 Å². The van der Waals surface area contributed by atoms with Gasteiger partial charge in [0.05, 0.1) is 0 Å². The third kappa shape index (κ3) is 2.23. The van der Waals surface area contributed by atoms with Crippen LogP contribution in [0.25, 0.3) is 0 Å². The zero-order chi connectivity index (χ0) is 14.4. The monoisotopic (exact) mass is 301 g/mol. The largest absolute Gasteiger partial charge is 0.433 e. The first-order valence-electron chi connectivity index (χ1n) is 6.20. The highest BCUT2D eigenvalue weighted by atomic mass is 35.5. The van der Waals surface area contributed by atoms with E-state index in [-0.39, 0.29) is 23.2 Å². The molecule has 0 spiro atoms. The lowest BCUT2D eigenvalue weighted by molar-refractivity contribution is -0.259. The summed E-state index contributed by atoms with van der Waals surface area (Å²) >= 11 is 5.83. The number of fused-ring (bicyclic) bond motifs is 1. The minimum absolute atomic E-state index is 0.0512. The van der Waals surface area contributed by atoms with Crippen molar-refractivity contribution in [2.45, 2.75) is 24.6 Å². The maximum absolute atomic E-state index is 13.6. The van der Waals surface area contributed by atoms with Crippen LogP contribution in [0, 0.1) is 17.8 Å². The number of ether oxygens (including phenoxy) is 1. The van der Waals surface area contributed by atoms with Crippen LogP contribution in [-0.2, 0) is 10.3 Å². The minimum atomic E-state index is -4.63. The average molecular weight is 302 g/mol. The van der Waals surface area contributed by atoms with Gasteiger partial charge >= 0.3 is 6.18 Å². The number of anilines is 1. The smallest absolute Gasteiger partial charge is 0.362 e. The van der Waals surface area contributed by atoms with E-state index in [1.54, 1.807) is 0 Å². The molecule has 2 aliphatic rings. The van der Waals surface area contributed by atoms with Gasteiger partial charge in [-0.15, -0.1) is 0 Å². The van der Waals surface area contributed by atoms with Crippen molar-refractivity contribution in [1.29, 1.82) is 0 Å². The molecule has 0 radical (unpaired) electrons. The average Bonchev–Trinajstić information content (AvgIpc) is 3.19. The first-order chi connectivity index (χ1) is 9.42. The molecule has 1 aromatic carbocycles. The Morgan fingerprint density at radius 1 is 1.35 bits per heavy atom. The second-order valence-electron chi connectivity index (χ2n) is 4.88. The standard InChI is InChI=1S/C14H11ClF3NO/c15-10-3-4-12-11(7-10)13(14(16,17)18,20-8-19-12)6-5-9-1-2-9/h3-4,7,9,19H,1-2,8H2/t13-/m0/s1. The summed E-state index contributed by atoms with van der Waals surface area (Å²) in [7, 11) is 0. The molecule has 2 nitrogen and oxygen atoms in total. The highest BCUT2D eigenvalue weighted by Crippen LogP contribution is 2.47. The van der Waals surface area contributed by atoms with Gasteiger partial charge in [-0.05, 0) is 31.0 Å². The summed E-state index contributed by atoms with van der Waals surface area (Å²) in [4.78, 5) is 0. The highest BCUT2D eigenvalue weighted by molar-refractivity contribution is 6.30. The molecule has 0 bridgehead atoms. The lowest BCUT2D eigenvalue weighted by atomic mass is 9.90. The summed E-state index contributed by atoms with van der Waals surface area (Å²) < 4.78 is 45.8. The molecule has 1 aliphatic heterocycles. The molecule has 106 valence electrons. The SMILES string of the molecule is FC(F)(F)[C@@]1(C#CC2CC2)OCNc2ccc(Cl)cc21. The van der Waals surface area contributed by atoms with Gasteiger partial charge in [0.2, 0.25) is 0 Å². The van der Waals surface area contributed by atoms with E-state index in [4.69, 9.17) is 16.3 Å². The Hall–Kier alpha value is -1.38. The van der Waals surface area contributed by atoms with Gasteiger partial charge in [-0.1, -0.05) is 23.4 Å². The number of nitrogens with one attached hydrogen (secondary N) is 1. The van der Waals surface area contributed by atoms with Crippen LogP contribution in [-0.4, -0.2) is 12.9 Å². The van der Waals surface area contributed by atoms with Gasteiger partial charge in [0.1, 0.15) is 6.73 Å². The van der Waals surface area contributed by atoms with Gasteiger partial charge in [-0.2, -0.15) is 13.2 Å². The zero-order valence-electron chi connectivity index (χ0n) is 10.4. The topological polar surface area (TPSA) is 21.3 Å². The Labute approximate surface area is 119 Å². The Balaban J connectivity index is 2.16. The van der Waals surface area contributed by atoms with Gasteiger partial charge in [0, 0.05) is 22.2 Å². The van der Waals surface area contributed by atoms with Crippen LogP contribution in [0.2, 0.25) is 5.02 Å². The van der Waals surface area contributed by atoms with E-state index < -0.39 is 11.8 Å². The maximum atomic E-state index is 13.6. The first-order valence-corrected chi connectivity index (χ1v) is 6.57. The third-order valence-electron chi connectivity index (χ3n) is 3.34. The van der Waals surface area contributed by atoms with Crippen molar-refractivity contribution < 1.29 is 17.9 Å². The van der Waals surface area contributed by atoms with Gasteiger partial charge in [-0.25, -0.2) is 0 Å². The predicted molar refractivity (Wildman–Crippen MR) is 69.3 cm³/mol. The summed E-state index contributed by atoms with van der Waals surface area (Å²) in [5.74, 6) is 5.04. The van der Waals surface area contributed by atoms with Crippen molar-refractivity contribution >= 4 is 17.3 Å². The molecule has 0 unspecified atom stereocenters. The van der Waals surface area contributed by atoms with Crippen molar-refractivity contribution in [3.05, 3.63) is 28.8 Å². The van der Waals surface area contributed by atoms with Crippen molar-refractivity contribution in [2.24, 2.45) is 5.92 Å². The van der Waals surface area contributed by atoms with Crippen molar-refractivity contribution in [3.63, 3.8) is 0 Å². The second-order valence-corrected chi connectivity index (χ2v) is 5.31. The summed E-state index contributed by atoms with van der Waals surface area (Å²) in [5.41, 5.74) is -2.32. The van der Waals surface area contributed by atoms with E-state index in [1.807, 2.05) is 0 Å². The minimum Gasteiger partial charge on any atom is -0.362 e. The molecule has 6 heteroatoms. The highest BCUT2D eigenvalue weighted by Gasteiger charge is 2.59. The molecule has 1 aliphatic carbocycles. The van der Waals surface area contributed by atoms with Gasteiger partial charge in [-0.3, -0.25) is 0 Å². The quantitative estimate of drug-likeness (QED) is 0.734. The Morgan fingerprint density at radius 3 is 2.75 bits per heavy atom. The fourth-order valence-electron chi connectivity index (χ4n) is 2.10. The van der Waals surface area contributed by atoms with Crippen LogP contribution in [0.4, 0.5) is 18.9 Å². The number of rotatable bonds is 0. The molecular weight excluding hydrogens is 291 g/mol. The van der Waals surface area contributed by atoms with E-state index >= 15 is 0 Å².